The average molecular weight is 138 g/mol. The minimum atomic E-state index is 1.02. The van der Waals surface area contributed by atoms with Crippen molar-refractivity contribution in [1.29, 1.82) is 0 Å². The number of aromatic nitrogens is 1. The van der Waals surface area contributed by atoms with Crippen LogP contribution in [0, 0.1) is 6.92 Å². The normalized spacial score (nSPS) is 10.8. The average Bonchev–Trinajstić information content (AvgIpc) is 2.15. The van der Waals surface area contributed by atoms with Crippen LogP contribution in [-0.2, 0) is 6.54 Å². The van der Waals surface area contributed by atoms with Gasteiger partial charge in [0.25, 0.3) is 0 Å². The van der Waals surface area contributed by atoms with Gasteiger partial charge in [-0.15, -0.1) is 0 Å². The summed E-state index contributed by atoms with van der Waals surface area (Å²) in [5.41, 5.74) is 2.65. The van der Waals surface area contributed by atoms with Gasteiger partial charge in [0, 0.05) is 18.4 Å². The molecule has 0 unspecified atom stereocenters. The molecule has 0 fully saturated rings. The summed E-state index contributed by atoms with van der Waals surface area (Å²) in [5.74, 6) is 0. The van der Waals surface area contributed by atoms with E-state index in [4.69, 9.17) is 0 Å². The summed E-state index contributed by atoms with van der Waals surface area (Å²) in [4.78, 5) is 5.31. The van der Waals surface area contributed by atoms with Crippen LogP contribution in [0.4, 0.5) is 0 Å². The Hall–Kier alpha value is -0.760. The third-order valence-corrected chi connectivity index (χ3v) is 1.55. The van der Waals surface area contributed by atoms with Crippen LogP contribution in [0.5, 0.6) is 0 Å². The minimum Gasteiger partial charge on any atom is -0.365 e. The zero-order valence-electron chi connectivity index (χ0n) is 6.81. The van der Waals surface area contributed by atoms with Crippen molar-refractivity contribution >= 4 is 0 Å². The van der Waals surface area contributed by atoms with Crippen LogP contribution in [0.25, 0.3) is 0 Å². The van der Waals surface area contributed by atoms with Gasteiger partial charge in [-0.05, 0) is 32.6 Å². The van der Waals surface area contributed by atoms with Crippen molar-refractivity contribution in [3.8, 4) is 0 Å². The van der Waals surface area contributed by atoms with Gasteiger partial charge in [0.2, 0.25) is 0 Å². The molecular formula is C8H14N2. The maximum absolute atomic E-state index is 3.15. The van der Waals surface area contributed by atoms with Gasteiger partial charge >= 0.3 is 0 Å². The number of H-pyrrole nitrogens is 1. The fourth-order valence-corrected chi connectivity index (χ4v) is 0.997. The summed E-state index contributed by atoms with van der Waals surface area (Å²) in [6, 6.07) is 2.12. The molecule has 56 valence electrons. The Labute approximate surface area is 61.9 Å². The van der Waals surface area contributed by atoms with Crippen molar-refractivity contribution in [2.45, 2.75) is 13.5 Å². The predicted molar refractivity (Wildman–Crippen MR) is 42.9 cm³/mol. The highest BCUT2D eigenvalue weighted by Gasteiger charge is 1.98. The summed E-state index contributed by atoms with van der Waals surface area (Å²) < 4.78 is 0. The lowest BCUT2D eigenvalue weighted by Crippen LogP contribution is -2.10. The van der Waals surface area contributed by atoms with E-state index in [-0.39, 0.29) is 0 Å². The summed E-state index contributed by atoms with van der Waals surface area (Å²) in [5, 5.41) is 0. The van der Waals surface area contributed by atoms with Gasteiger partial charge in [0.05, 0.1) is 0 Å². The van der Waals surface area contributed by atoms with Crippen molar-refractivity contribution in [1.82, 2.24) is 9.88 Å². The van der Waals surface area contributed by atoms with E-state index < -0.39 is 0 Å². The fraction of sp³-hybridized carbons (Fsp3) is 0.500. The molecule has 0 bridgehead atoms. The van der Waals surface area contributed by atoms with Crippen LogP contribution in [0.2, 0.25) is 0 Å². The third kappa shape index (κ3) is 1.61. The number of nitrogens with one attached hydrogen (secondary N) is 1. The zero-order valence-corrected chi connectivity index (χ0v) is 6.81. The van der Waals surface area contributed by atoms with E-state index in [1.54, 1.807) is 0 Å². The molecule has 1 rings (SSSR count). The van der Waals surface area contributed by atoms with E-state index in [0.717, 1.165) is 6.54 Å². The molecule has 2 nitrogen and oxygen atoms in total. The molecule has 0 saturated carbocycles. The molecule has 1 N–H and O–H groups in total. The molecule has 0 aliphatic rings. The monoisotopic (exact) mass is 138 g/mol. The number of rotatable bonds is 2. The Kier molecular flexibility index (Phi) is 2.12. The van der Waals surface area contributed by atoms with Gasteiger partial charge in [-0.2, -0.15) is 0 Å². The van der Waals surface area contributed by atoms with E-state index in [9.17, 15) is 0 Å². The largest absolute Gasteiger partial charge is 0.365 e. The lowest BCUT2D eigenvalue weighted by molar-refractivity contribution is 0.401. The van der Waals surface area contributed by atoms with Crippen LogP contribution in [0.1, 0.15) is 11.3 Å². The van der Waals surface area contributed by atoms with Crippen molar-refractivity contribution in [2.75, 3.05) is 14.1 Å². The van der Waals surface area contributed by atoms with Crippen LogP contribution in [0.15, 0.2) is 12.3 Å². The topological polar surface area (TPSA) is 19.0 Å². The second kappa shape index (κ2) is 2.88. The second-order valence-corrected chi connectivity index (χ2v) is 2.87. The highest BCUT2D eigenvalue weighted by atomic mass is 15.0. The molecule has 2 heteroatoms. The van der Waals surface area contributed by atoms with Crippen molar-refractivity contribution in [3.63, 3.8) is 0 Å². The zero-order chi connectivity index (χ0) is 7.56. The smallest absolute Gasteiger partial charge is 0.0245 e. The Morgan fingerprint density at radius 1 is 1.50 bits per heavy atom. The Bertz CT molecular complexity index is 201. The van der Waals surface area contributed by atoms with Gasteiger partial charge in [0.15, 0.2) is 0 Å². The minimum absolute atomic E-state index is 1.02. The fourth-order valence-electron chi connectivity index (χ4n) is 0.997. The molecule has 1 aromatic heterocycles. The molecule has 0 aromatic carbocycles. The first kappa shape index (κ1) is 7.35. The van der Waals surface area contributed by atoms with Gasteiger partial charge in [0.1, 0.15) is 0 Å². The molecule has 0 saturated heterocycles. The molecule has 0 spiro atoms. The molecule has 0 aliphatic carbocycles. The maximum Gasteiger partial charge on any atom is 0.0245 e. The van der Waals surface area contributed by atoms with Crippen LogP contribution >= 0.6 is 0 Å². The van der Waals surface area contributed by atoms with E-state index >= 15 is 0 Å². The van der Waals surface area contributed by atoms with Gasteiger partial charge in [-0.25, -0.2) is 0 Å². The molecule has 0 aliphatic heterocycles. The lowest BCUT2D eigenvalue weighted by atomic mass is 10.2. The van der Waals surface area contributed by atoms with Crippen molar-refractivity contribution < 1.29 is 0 Å². The number of aryl methyl sites for hydroxylation is 1. The third-order valence-electron chi connectivity index (χ3n) is 1.55. The molecule has 10 heavy (non-hydrogen) atoms. The van der Waals surface area contributed by atoms with Crippen molar-refractivity contribution in [3.05, 3.63) is 23.5 Å². The number of hydrogen-bond donors (Lipinski definition) is 1. The Balaban J connectivity index is 2.65. The van der Waals surface area contributed by atoms with Crippen LogP contribution in [0.3, 0.4) is 0 Å². The van der Waals surface area contributed by atoms with Gasteiger partial charge < -0.3 is 9.88 Å². The number of nitrogens with zero attached hydrogens (tertiary/aromatic N) is 1. The summed E-state index contributed by atoms with van der Waals surface area (Å²) in [7, 11) is 4.15. The summed E-state index contributed by atoms with van der Waals surface area (Å²) >= 11 is 0. The van der Waals surface area contributed by atoms with E-state index in [1.165, 1.54) is 11.3 Å². The number of aromatic amines is 1. The van der Waals surface area contributed by atoms with E-state index in [0.29, 0.717) is 0 Å². The summed E-state index contributed by atoms with van der Waals surface area (Å²) in [6.45, 7) is 3.12. The lowest BCUT2D eigenvalue weighted by Gasteiger charge is -2.07. The SMILES string of the molecule is Cc1[nH]ccc1CN(C)C. The van der Waals surface area contributed by atoms with E-state index in [2.05, 4.69) is 37.0 Å². The Morgan fingerprint density at radius 3 is 2.60 bits per heavy atom. The summed E-state index contributed by atoms with van der Waals surface area (Å²) in [6.07, 6.45) is 1.98. The first-order chi connectivity index (χ1) is 4.70. The quantitative estimate of drug-likeness (QED) is 0.654. The maximum atomic E-state index is 3.15. The second-order valence-electron chi connectivity index (χ2n) is 2.87. The molecule has 1 aromatic rings. The molecule has 0 radical (unpaired) electrons. The molecular weight excluding hydrogens is 124 g/mol. The molecule has 0 amide bonds. The highest BCUT2D eigenvalue weighted by Crippen LogP contribution is 2.05. The van der Waals surface area contributed by atoms with Gasteiger partial charge in [-0.1, -0.05) is 0 Å². The molecule has 0 atom stereocenters. The number of hydrogen-bond acceptors (Lipinski definition) is 1. The first-order valence-electron chi connectivity index (χ1n) is 3.47. The van der Waals surface area contributed by atoms with Gasteiger partial charge in [-0.3, -0.25) is 0 Å². The predicted octanol–water partition coefficient (Wildman–Crippen LogP) is 1.38. The van der Waals surface area contributed by atoms with Crippen LogP contribution in [-0.4, -0.2) is 24.0 Å². The molecule has 1 heterocycles. The van der Waals surface area contributed by atoms with Crippen molar-refractivity contribution in [2.24, 2.45) is 0 Å². The standard InChI is InChI=1S/C8H14N2/c1-7-8(4-5-9-7)6-10(2)3/h4-5,9H,6H2,1-3H3. The highest BCUT2D eigenvalue weighted by molar-refractivity contribution is 5.18. The first-order valence-corrected chi connectivity index (χ1v) is 3.47. The van der Waals surface area contributed by atoms with E-state index in [1.807, 2.05) is 6.20 Å². The van der Waals surface area contributed by atoms with Crippen LogP contribution < -0.4 is 0 Å². The Morgan fingerprint density at radius 2 is 2.20 bits per heavy atom.